The largest absolute Gasteiger partial charge is 0.351 e. The zero-order valence-electron chi connectivity index (χ0n) is 7.61. The maximum atomic E-state index is 11.3. The van der Waals surface area contributed by atoms with Crippen molar-refractivity contribution in [3.8, 4) is 0 Å². The van der Waals surface area contributed by atoms with E-state index >= 15 is 0 Å². The molecule has 1 unspecified atom stereocenters. The summed E-state index contributed by atoms with van der Waals surface area (Å²) in [5, 5.41) is 6.06. The highest BCUT2D eigenvalue weighted by Gasteiger charge is 2.16. The topological polar surface area (TPSA) is 41.1 Å². The van der Waals surface area contributed by atoms with Gasteiger partial charge in [0.2, 0.25) is 5.91 Å². The fourth-order valence-corrected chi connectivity index (χ4v) is 1.56. The molecule has 3 nitrogen and oxygen atoms in total. The van der Waals surface area contributed by atoms with Crippen LogP contribution in [0.5, 0.6) is 0 Å². The summed E-state index contributed by atoms with van der Waals surface area (Å²) in [6, 6.07) is 0.378. The van der Waals surface area contributed by atoms with Gasteiger partial charge in [0.25, 0.3) is 0 Å². The van der Waals surface area contributed by atoms with E-state index in [4.69, 9.17) is 0 Å². The lowest BCUT2D eigenvalue weighted by atomic mass is 10.1. The first kappa shape index (κ1) is 10.7. The number of rotatable bonds is 4. The summed E-state index contributed by atoms with van der Waals surface area (Å²) in [7, 11) is 0. The van der Waals surface area contributed by atoms with Crippen LogP contribution in [0, 0.1) is 0 Å². The molecule has 1 amide bonds. The van der Waals surface area contributed by atoms with Crippen molar-refractivity contribution >= 4 is 21.8 Å². The zero-order chi connectivity index (χ0) is 9.68. The summed E-state index contributed by atoms with van der Waals surface area (Å²) in [5.41, 5.74) is 0. The molecule has 1 heterocycles. The third-order valence-electron chi connectivity index (χ3n) is 2.07. The fraction of sp³-hybridized carbons (Fsp3) is 0.667. The highest BCUT2D eigenvalue weighted by molar-refractivity contribution is 9.11. The molecule has 2 N–H and O–H groups in total. The van der Waals surface area contributed by atoms with E-state index in [9.17, 15) is 4.79 Å². The van der Waals surface area contributed by atoms with Crippen molar-refractivity contribution in [3.05, 3.63) is 11.1 Å². The smallest absolute Gasteiger partial charge is 0.221 e. The number of nitrogens with one attached hydrogen (secondary N) is 2. The molecule has 4 heteroatoms. The predicted octanol–water partition coefficient (Wildman–Crippen LogP) is 1.15. The third-order valence-corrected chi connectivity index (χ3v) is 2.35. The van der Waals surface area contributed by atoms with E-state index in [1.54, 1.807) is 0 Å². The maximum Gasteiger partial charge on any atom is 0.221 e. The zero-order valence-corrected chi connectivity index (χ0v) is 9.19. The molecule has 0 aliphatic carbocycles. The van der Waals surface area contributed by atoms with Crippen molar-refractivity contribution in [2.75, 3.05) is 13.1 Å². The van der Waals surface area contributed by atoms with Gasteiger partial charge in [0, 0.05) is 23.5 Å². The Kier molecular flexibility index (Phi) is 4.45. The van der Waals surface area contributed by atoms with Crippen LogP contribution in [0.1, 0.15) is 19.3 Å². The van der Waals surface area contributed by atoms with Gasteiger partial charge in [0.05, 0.1) is 0 Å². The van der Waals surface area contributed by atoms with Crippen LogP contribution in [0.15, 0.2) is 11.1 Å². The molecule has 0 aromatic heterocycles. The monoisotopic (exact) mass is 246 g/mol. The molecular formula is C9H15BrN2O. The van der Waals surface area contributed by atoms with Gasteiger partial charge in [0.15, 0.2) is 0 Å². The van der Waals surface area contributed by atoms with E-state index in [1.165, 1.54) is 6.42 Å². The average Bonchev–Trinajstić information content (AvgIpc) is 2.53. The van der Waals surface area contributed by atoms with Gasteiger partial charge in [0.1, 0.15) is 0 Å². The van der Waals surface area contributed by atoms with E-state index in [1.807, 2.05) is 0 Å². The molecule has 0 spiro atoms. The van der Waals surface area contributed by atoms with Gasteiger partial charge >= 0.3 is 0 Å². The molecule has 0 bridgehead atoms. The standard InChI is InChI=1S/C9H15BrN2O/c1-7(10)6-12-9(13)5-8-3-2-4-11-8/h8,11H,1-6H2,(H,12,13). The van der Waals surface area contributed by atoms with Crippen LogP contribution >= 0.6 is 15.9 Å². The van der Waals surface area contributed by atoms with E-state index < -0.39 is 0 Å². The van der Waals surface area contributed by atoms with Crippen LogP contribution in [-0.4, -0.2) is 25.0 Å². The normalized spacial score (nSPS) is 21.5. The highest BCUT2D eigenvalue weighted by Crippen LogP contribution is 2.08. The van der Waals surface area contributed by atoms with Gasteiger partial charge in [-0.05, 0) is 19.4 Å². The Morgan fingerprint density at radius 3 is 3.00 bits per heavy atom. The molecular weight excluding hydrogens is 232 g/mol. The van der Waals surface area contributed by atoms with E-state index in [2.05, 4.69) is 33.1 Å². The Bertz CT molecular complexity index is 200. The minimum Gasteiger partial charge on any atom is -0.351 e. The highest BCUT2D eigenvalue weighted by atomic mass is 79.9. The predicted molar refractivity (Wildman–Crippen MR) is 56.7 cm³/mol. The molecule has 1 fully saturated rings. The molecule has 0 saturated carbocycles. The SMILES string of the molecule is C=C(Br)CNC(=O)CC1CCCN1. The van der Waals surface area contributed by atoms with Crippen molar-refractivity contribution in [2.45, 2.75) is 25.3 Å². The lowest BCUT2D eigenvalue weighted by Gasteiger charge is -2.09. The Balaban J connectivity index is 2.13. The minimum atomic E-state index is 0.0972. The summed E-state index contributed by atoms with van der Waals surface area (Å²) in [5.74, 6) is 0.0972. The Labute approximate surface area is 87.1 Å². The Hall–Kier alpha value is -0.350. The number of carbonyl (C=O) groups is 1. The molecule has 13 heavy (non-hydrogen) atoms. The van der Waals surface area contributed by atoms with Crippen LogP contribution in [0.2, 0.25) is 0 Å². The fourth-order valence-electron chi connectivity index (χ4n) is 1.42. The lowest BCUT2D eigenvalue weighted by Crippen LogP contribution is -2.32. The van der Waals surface area contributed by atoms with Crippen LogP contribution in [0.25, 0.3) is 0 Å². The summed E-state index contributed by atoms with van der Waals surface area (Å²) in [6.45, 7) is 5.21. The molecule has 1 atom stereocenters. The first-order valence-corrected chi connectivity index (χ1v) is 5.31. The van der Waals surface area contributed by atoms with Crippen molar-refractivity contribution in [3.63, 3.8) is 0 Å². The summed E-state index contributed by atoms with van der Waals surface area (Å²) in [4.78, 5) is 11.3. The van der Waals surface area contributed by atoms with Crippen LogP contribution in [0.3, 0.4) is 0 Å². The van der Waals surface area contributed by atoms with Crippen molar-refractivity contribution in [1.82, 2.24) is 10.6 Å². The number of hydrogen-bond donors (Lipinski definition) is 2. The van der Waals surface area contributed by atoms with E-state index in [0.29, 0.717) is 19.0 Å². The van der Waals surface area contributed by atoms with Gasteiger partial charge in [-0.15, -0.1) is 0 Å². The van der Waals surface area contributed by atoms with Crippen LogP contribution in [0.4, 0.5) is 0 Å². The van der Waals surface area contributed by atoms with Gasteiger partial charge in [-0.1, -0.05) is 22.5 Å². The number of hydrogen-bond acceptors (Lipinski definition) is 2. The van der Waals surface area contributed by atoms with Crippen molar-refractivity contribution in [2.24, 2.45) is 0 Å². The molecule has 1 aliphatic rings. The lowest BCUT2D eigenvalue weighted by molar-refractivity contribution is -0.121. The number of amides is 1. The third kappa shape index (κ3) is 4.43. The first-order valence-electron chi connectivity index (χ1n) is 4.52. The van der Waals surface area contributed by atoms with Crippen molar-refractivity contribution in [1.29, 1.82) is 0 Å². The van der Waals surface area contributed by atoms with E-state index in [-0.39, 0.29) is 5.91 Å². The molecule has 1 saturated heterocycles. The second kappa shape index (κ2) is 5.40. The quantitative estimate of drug-likeness (QED) is 0.782. The second-order valence-corrected chi connectivity index (χ2v) is 4.41. The Morgan fingerprint density at radius 1 is 1.69 bits per heavy atom. The Morgan fingerprint density at radius 2 is 2.46 bits per heavy atom. The summed E-state index contributed by atoms with van der Waals surface area (Å²) in [6.07, 6.45) is 2.88. The molecule has 0 radical (unpaired) electrons. The van der Waals surface area contributed by atoms with Crippen LogP contribution < -0.4 is 10.6 Å². The summed E-state index contributed by atoms with van der Waals surface area (Å²) >= 11 is 3.19. The molecule has 1 rings (SSSR count). The average molecular weight is 247 g/mol. The number of carbonyl (C=O) groups excluding carboxylic acids is 1. The van der Waals surface area contributed by atoms with Gasteiger partial charge in [-0.2, -0.15) is 0 Å². The molecule has 0 aromatic carbocycles. The minimum absolute atomic E-state index is 0.0972. The molecule has 74 valence electrons. The van der Waals surface area contributed by atoms with Gasteiger partial charge in [-0.3, -0.25) is 4.79 Å². The maximum absolute atomic E-state index is 11.3. The molecule has 0 aromatic rings. The van der Waals surface area contributed by atoms with Crippen LogP contribution in [-0.2, 0) is 4.79 Å². The summed E-state index contributed by atoms with van der Waals surface area (Å²) < 4.78 is 0.806. The van der Waals surface area contributed by atoms with Crippen molar-refractivity contribution < 1.29 is 4.79 Å². The molecule has 1 aliphatic heterocycles. The second-order valence-electron chi connectivity index (χ2n) is 3.29. The first-order chi connectivity index (χ1) is 6.18. The van der Waals surface area contributed by atoms with Gasteiger partial charge in [-0.25, -0.2) is 0 Å². The van der Waals surface area contributed by atoms with Gasteiger partial charge < -0.3 is 10.6 Å². The van der Waals surface area contributed by atoms with E-state index in [0.717, 1.165) is 17.4 Å². The number of halogens is 1.